The Kier molecular flexibility index (Phi) is 8.14. The van der Waals surface area contributed by atoms with Gasteiger partial charge in [-0.1, -0.05) is 11.6 Å². The molecule has 9 heteroatoms. The van der Waals surface area contributed by atoms with Crippen LogP contribution in [0.25, 0.3) is 0 Å². The van der Waals surface area contributed by atoms with Crippen LogP contribution in [0.15, 0.2) is 36.5 Å². The quantitative estimate of drug-likeness (QED) is 0.611. The number of aromatic nitrogens is 1. The smallest absolute Gasteiger partial charge is 0.322 e. The number of nitrogens with one attached hydrogen (secondary N) is 1. The normalized spacial score (nSPS) is 18.2. The number of pyridine rings is 1. The van der Waals surface area contributed by atoms with Gasteiger partial charge in [0.25, 0.3) is 0 Å². The van der Waals surface area contributed by atoms with Gasteiger partial charge in [0.1, 0.15) is 6.07 Å². The Labute approximate surface area is 193 Å². The van der Waals surface area contributed by atoms with Crippen LogP contribution in [0.2, 0.25) is 5.02 Å². The monoisotopic (exact) mass is 457 g/mol. The van der Waals surface area contributed by atoms with Gasteiger partial charge in [0, 0.05) is 43.5 Å². The van der Waals surface area contributed by atoms with Crippen molar-refractivity contribution in [1.29, 1.82) is 5.26 Å². The fourth-order valence-corrected chi connectivity index (χ4v) is 3.89. The molecule has 2 atom stereocenters. The number of aliphatic hydroxyl groups excluding tert-OH is 1. The van der Waals surface area contributed by atoms with Crippen molar-refractivity contribution in [3.63, 3.8) is 0 Å². The van der Waals surface area contributed by atoms with Gasteiger partial charge >= 0.3 is 6.03 Å². The summed E-state index contributed by atoms with van der Waals surface area (Å²) in [6.45, 7) is 5.89. The van der Waals surface area contributed by atoms with Crippen molar-refractivity contribution >= 4 is 29.0 Å². The highest BCUT2D eigenvalue weighted by molar-refractivity contribution is 6.32. The number of hydrogen-bond donors (Lipinski definition) is 2. The van der Waals surface area contributed by atoms with E-state index >= 15 is 0 Å². The minimum absolute atomic E-state index is 0.0253. The summed E-state index contributed by atoms with van der Waals surface area (Å²) in [7, 11) is 0. The Morgan fingerprint density at radius 3 is 2.75 bits per heavy atom. The molecule has 0 spiro atoms. The maximum atomic E-state index is 12.9. The largest absolute Gasteiger partial charge is 0.478 e. The first-order chi connectivity index (χ1) is 15.4. The van der Waals surface area contributed by atoms with E-state index in [-0.39, 0.29) is 24.7 Å². The zero-order valence-corrected chi connectivity index (χ0v) is 19.0. The predicted octanol–water partition coefficient (Wildman–Crippen LogP) is 3.89. The molecule has 2 N–H and O–H groups in total. The van der Waals surface area contributed by atoms with Crippen molar-refractivity contribution in [1.82, 2.24) is 9.88 Å². The van der Waals surface area contributed by atoms with Crippen molar-refractivity contribution in [3.05, 3.63) is 47.1 Å². The summed E-state index contributed by atoms with van der Waals surface area (Å²) in [5, 5.41) is 21.2. The van der Waals surface area contributed by atoms with E-state index in [9.17, 15) is 4.79 Å². The SMILES string of the molecule is C[C@@H]1CN(c2ccc(C#N)c(Cl)c2)[C@@H](C)CN1C(=O)Nc1ccc(OCCCCO)nc1. The lowest BCUT2D eigenvalue weighted by atomic mass is 10.1. The maximum absolute atomic E-state index is 12.9. The van der Waals surface area contributed by atoms with Crippen LogP contribution in [0.1, 0.15) is 32.3 Å². The minimum atomic E-state index is -0.180. The number of nitriles is 1. The number of ether oxygens (including phenoxy) is 1. The molecule has 32 heavy (non-hydrogen) atoms. The van der Waals surface area contributed by atoms with Crippen LogP contribution in [0.5, 0.6) is 5.88 Å². The summed E-state index contributed by atoms with van der Waals surface area (Å²) in [5.41, 5.74) is 1.98. The van der Waals surface area contributed by atoms with Gasteiger partial charge in [0.05, 0.1) is 29.1 Å². The summed E-state index contributed by atoms with van der Waals surface area (Å²) in [4.78, 5) is 21.1. The van der Waals surface area contributed by atoms with Crippen LogP contribution >= 0.6 is 11.6 Å². The molecule has 3 rings (SSSR count). The van der Waals surface area contributed by atoms with E-state index in [1.807, 2.05) is 17.9 Å². The molecule has 2 aromatic rings. The summed E-state index contributed by atoms with van der Waals surface area (Å²) in [6, 6.07) is 10.8. The van der Waals surface area contributed by atoms with Gasteiger partial charge in [-0.25, -0.2) is 9.78 Å². The third-order valence-electron chi connectivity index (χ3n) is 5.44. The van der Waals surface area contributed by atoms with Crippen molar-refractivity contribution in [2.75, 3.05) is 36.5 Å². The molecule has 1 aromatic heterocycles. The van der Waals surface area contributed by atoms with E-state index in [0.717, 1.165) is 12.1 Å². The van der Waals surface area contributed by atoms with Gasteiger partial charge in [-0.2, -0.15) is 5.26 Å². The van der Waals surface area contributed by atoms with Crippen LogP contribution in [0.3, 0.4) is 0 Å². The Bertz CT molecular complexity index is 963. The number of rotatable bonds is 7. The number of benzene rings is 1. The van der Waals surface area contributed by atoms with Gasteiger partial charge in [-0.15, -0.1) is 0 Å². The molecule has 170 valence electrons. The number of carbonyl (C=O) groups is 1. The third-order valence-corrected chi connectivity index (χ3v) is 5.75. The second-order valence-electron chi connectivity index (χ2n) is 7.87. The molecule has 0 saturated carbocycles. The second kappa shape index (κ2) is 11.0. The molecule has 0 bridgehead atoms. The van der Waals surface area contributed by atoms with Gasteiger partial charge in [0.15, 0.2) is 0 Å². The molecule has 1 fully saturated rings. The fraction of sp³-hybridized carbons (Fsp3) is 0.435. The molecule has 0 aliphatic carbocycles. The first kappa shape index (κ1) is 23.6. The zero-order valence-electron chi connectivity index (χ0n) is 18.3. The van der Waals surface area contributed by atoms with Gasteiger partial charge in [0.2, 0.25) is 5.88 Å². The Hall–Kier alpha value is -3.02. The van der Waals surface area contributed by atoms with Gasteiger partial charge < -0.3 is 25.0 Å². The molecule has 0 radical (unpaired) electrons. The third kappa shape index (κ3) is 5.81. The van der Waals surface area contributed by atoms with Crippen LogP contribution in [0, 0.1) is 11.3 Å². The molecule has 1 aliphatic heterocycles. The first-order valence-electron chi connectivity index (χ1n) is 10.7. The molecule has 1 aliphatic rings. The molecule has 2 amide bonds. The number of halogens is 1. The van der Waals surface area contributed by atoms with Crippen molar-refractivity contribution in [2.45, 2.75) is 38.8 Å². The highest BCUT2D eigenvalue weighted by atomic mass is 35.5. The van der Waals surface area contributed by atoms with E-state index in [4.69, 9.17) is 26.7 Å². The minimum Gasteiger partial charge on any atom is -0.478 e. The zero-order chi connectivity index (χ0) is 23.1. The summed E-state index contributed by atoms with van der Waals surface area (Å²) >= 11 is 6.21. The Morgan fingerprint density at radius 2 is 2.09 bits per heavy atom. The average Bonchev–Trinajstić information content (AvgIpc) is 2.79. The number of piperazine rings is 1. The molecule has 1 aromatic carbocycles. The number of hydrogen-bond acceptors (Lipinski definition) is 6. The van der Waals surface area contributed by atoms with Gasteiger partial charge in [-0.3, -0.25) is 0 Å². The Balaban J connectivity index is 1.58. The molecular weight excluding hydrogens is 430 g/mol. The van der Waals surface area contributed by atoms with E-state index in [0.29, 0.717) is 48.3 Å². The number of nitrogens with zero attached hydrogens (tertiary/aromatic N) is 4. The average molecular weight is 458 g/mol. The highest BCUT2D eigenvalue weighted by Gasteiger charge is 2.32. The molecule has 0 unspecified atom stereocenters. The maximum Gasteiger partial charge on any atom is 0.322 e. The van der Waals surface area contributed by atoms with E-state index in [1.54, 1.807) is 30.5 Å². The highest BCUT2D eigenvalue weighted by Crippen LogP contribution is 2.28. The number of unbranched alkanes of at least 4 members (excludes halogenated alkanes) is 1. The fourth-order valence-electron chi connectivity index (χ4n) is 3.67. The number of aliphatic hydroxyl groups is 1. The lowest BCUT2D eigenvalue weighted by Crippen LogP contribution is -2.59. The predicted molar refractivity (Wildman–Crippen MR) is 124 cm³/mol. The lowest BCUT2D eigenvalue weighted by molar-refractivity contribution is 0.173. The van der Waals surface area contributed by atoms with Crippen molar-refractivity contribution < 1.29 is 14.6 Å². The topological polar surface area (TPSA) is 102 Å². The first-order valence-corrected chi connectivity index (χ1v) is 11.0. The molecule has 2 heterocycles. The number of carbonyl (C=O) groups excluding carboxylic acids is 1. The van der Waals surface area contributed by atoms with E-state index in [2.05, 4.69) is 28.2 Å². The second-order valence-corrected chi connectivity index (χ2v) is 8.28. The summed E-state index contributed by atoms with van der Waals surface area (Å²) in [6.07, 6.45) is 3.02. The molecule has 1 saturated heterocycles. The molecular formula is C23H28ClN5O3. The van der Waals surface area contributed by atoms with Crippen LogP contribution in [-0.2, 0) is 0 Å². The van der Waals surface area contributed by atoms with E-state index in [1.165, 1.54) is 0 Å². The van der Waals surface area contributed by atoms with Crippen LogP contribution < -0.4 is 15.0 Å². The van der Waals surface area contributed by atoms with E-state index < -0.39 is 0 Å². The van der Waals surface area contributed by atoms with Crippen LogP contribution in [-0.4, -0.2) is 59.4 Å². The standard InChI is InChI=1S/C23H28ClN5O3/c1-16-15-29(17(2)14-28(16)20-7-5-18(12-25)21(24)11-20)23(31)27-19-6-8-22(26-13-19)32-10-4-3-9-30/h5-8,11,13,16-17,30H,3-4,9-10,14-15H2,1-2H3,(H,27,31)/t16-,17+/m0/s1. The number of urea groups is 1. The van der Waals surface area contributed by atoms with Gasteiger partial charge in [-0.05, 0) is 51.0 Å². The molecule has 8 nitrogen and oxygen atoms in total. The number of amides is 2. The summed E-state index contributed by atoms with van der Waals surface area (Å²) in [5.74, 6) is 0.484. The van der Waals surface area contributed by atoms with Crippen molar-refractivity contribution in [3.8, 4) is 11.9 Å². The number of anilines is 2. The lowest BCUT2D eigenvalue weighted by Gasteiger charge is -2.45. The van der Waals surface area contributed by atoms with Crippen molar-refractivity contribution in [2.24, 2.45) is 0 Å². The van der Waals surface area contributed by atoms with Crippen LogP contribution in [0.4, 0.5) is 16.2 Å². The Morgan fingerprint density at radius 1 is 1.28 bits per heavy atom. The summed E-state index contributed by atoms with van der Waals surface area (Å²) < 4.78 is 5.51.